The number of benzene rings is 2. The Bertz CT molecular complexity index is 1380. The van der Waals surface area contributed by atoms with Crippen LogP contribution >= 0.6 is 23.4 Å². The monoisotopic (exact) mass is 533 g/mol. The summed E-state index contributed by atoms with van der Waals surface area (Å²) in [6.45, 7) is 4.55. The molecule has 3 aromatic rings. The molecular formula is C25H23ClF3N5OS. The number of nitrogens with zero attached hydrogens (tertiary/aromatic N) is 4. The van der Waals surface area contributed by atoms with Gasteiger partial charge in [-0.3, -0.25) is 9.48 Å². The highest BCUT2D eigenvalue weighted by Crippen LogP contribution is 2.35. The van der Waals surface area contributed by atoms with Crippen molar-refractivity contribution in [1.29, 1.82) is 0 Å². The van der Waals surface area contributed by atoms with Crippen LogP contribution in [0.3, 0.4) is 0 Å². The fraction of sp³-hybridized carbons (Fsp3) is 0.320. The summed E-state index contributed by atoms with van der Waals surface area (Å²) in [6, 6.07) is 9.61. The number of carbonyl (C=O) groups is 1. The molecule has 1 fully saturated rings. The van der Waals surface area contributed by atoms with E-state index in [0.29, 0.717) is 16.5 Å². The lowest BCUT2D eigenvalue weighted by atomic mass is 10.1. The van der Waals surface area contributed by atoms with Crippen molar-refractivity contribution in [2.75, 3.05) is 19.6 Å². The van der Waals surface area contributed by atoms with E-state index >= 15 is 0 Å². The van der Waals surface area contributed by atoms with E-state index in [9.17, 15) is 18.0 Å². The van der Waals surface area contributed by atoms with E-state index in [-0.39, 0.29) is 23.0 Å². The van der Waals surface area contributed by atoms with Gasteiger partial charge in [-0.05, 0) is 59.7 Å². The van der Waals surface area contributed by atoms with Gasteiger partial charge in [0.1, 0.15) is 0 Å². The number of fused-ring (bicyclic) bond motifs is 1. The minimum absolute atomic E-state index is 0.0303. The van der Waals surface area contributed by atoms with Crippen molar-refractivity contribution in [3.8, 4) is 0 Å². The van der Waals surface area contributed by atoms with E-state index < -0.39 is 11.7 Å². The van der Waals surface area contributed by atoms with E-state index in [1.807, 2.05) is 12.1 Å². The highest BCUT2D eigenvalue weighted by molar-refractivity contribution is 8.18. The Hall–Kier alpha value is -2.82. The smallest absolute Gasteiger partial charge is 0.348 e. The van der Waals surface area contributed by atoms with Gasteiger partial charge in [-0.2, -0.15) is 23.3 Å². The number of amidine groups is 1. The third-order valence-electron chi connectivity index (χ3n) is 6.29. The molecule has 1 atom stereocenters. The number of carbonyl (C=O) groups excluding carboxylic acids is 1. The zero-order chi connectivity index (χ0) is 25.4. The van der Waals surface area contributed by atoms with Crippen LogP contribution in [-0.4, -0.2) is 51.4 Å². The lowest BCUT2D eigenvalue weighted by molar-refractivity contribution is -0.138. The Morgan fingerprint density at radius 3 is 2.86 bits per heavy atom. The van der Waals surface area contributed by atoms with E-state index in [0.717, 1.165) is 48.2 Å². The molecule has 0 radical (unpaired) electrons. The van der Waals surface area contributed by atoms with Crippen molar-refractivity contribution in [1.82, 2.24) is 20.0 Å². The van der Waals surface area contributed by atoms with Gasteiger partial charge in [-0.1, -0.05) is 30.7 Å². The Morgan fingerprint density at radius 2 is 2.08 bits per heavy atom. The van der Waals surface area contributed by atoms with Gasteiger partial charge in [0.05, 0.1) is 28.7 Å². The molecule has 2 aliphatic heterocycles. The SMILES string of the molecule is CC[C@H]1CN(C2=NC(=O)C(=Cc3ccc4c(cnn4Cc4ccc(Cl)cc4C(F)(F)F)c3)S2)CCN1. The lowest BCUT2D eigenvalue weighted by Gasteiger charge is -2.33. The fourth-order valence-electron chi connectivity index (χ4n) is 4.39. The van der Waals surface area contributed by atoms with Gasteiger partial charge in [0, 0.05) is 36.1 Å². The number of hydrogen-bond donors (Lipinski definition) is 1. The normalized spacial score (nSPS) is 20.0. The van der Waals surface area contributed by atoms with Crippen LogP contribution in [-0.2, 0) is 17.5 Å². The predicted octanol–water partition coefficient (Wildman–Crippen LogP) is 5.41. The minimum atomic E-state index is -4.52. The molecule has 0 bridgehead atoms. The summed E-state index contributed by atoms with van der Waals surface area (Å²) in [5.74, 6) is -0.264. The van der Waals surface area contributed by atoms with Crippen LogP contribution in [0.5, 0.6) is 0 Å². The zero-order valence-corrected chi connectivity index (χ0v) is 20.9. The fourth-order valence-corrected chi connectivity index (χ4v) is 5.51. The first-order chi connectivity index (χ1) is 17.2. The first-order valence-corrected chi connectivity index (χ1v) is 12.7. The first-order valence-electron chi connectivity index (χ1n) is 11.5. The molecule has 6 nitrogen and oxygen atoms in total. The number of alkyl halides is 3. The van der Waals surface area contributed by atoms with Gasteiger partial charge < -0.3 is 10.2 Å². The molecule has 5 rings (SSSR count). The van der Waals surface area contributed by atoms with Gasteiger partial charge >= 0.3 is 6.18 Å². The van der Waals surface area contributed by atoms with Crippen LogP contribution in [0.1, 0.15) is 30.0 Å². The average Bonchev–Trinajstić information content (AvgIpc) is 3.42. The maximum absolute atomic E-state index is 13.5. The molecular weight excluding hydrogens is 511 g/mol. The van der Waals surface area contributed by atoms with Crippen LogP contribution in [0.25, 0.3) is 17.0 Å². The number of rotatable bonds is 4. The molecule has 1 aromatic heterocycles. The molecule has 3 heterocycles. The van der Waals surface area contributed by atoms with Crippen molar-refractivity contribution in [3.05, 3.63) is 69.2 Å². The van der Waals surface area contributed by atoms with Gasteiger partial charge in [0.15, 0.2) is 5.17 Å². The second-order valence-electron chi connectivity index (χ2n) is 8.74. The third-order valence-corrected chi connectivity index (χ3v) is 7.57. The van der Waals surface area contributed by atoms with E-state index in [2.05, 4.69) is 27.2 Å². The van der Waals surface area contributed by atoms with Crippen LogP contribution < -0.4 is 5.32 Å². The van der Waals surface area contributed by atoms with E-state index in [4.69, 9.17) is 11.6 Å². The summed E-state index contributed by atoms with van der Waals surface area (Å²) in [4.78, 5) is 19.5. The average molecular weight is 534 g/mol. The molecule has 0 aliphatic carbocycles. The van der Waals surface area contributed by atoms with Crippen LogP contribution in [0, 0.1) is 0 Å². The number of aromatic nitrogens is 2. The molecule has 188 valence electrons. The van der Waals surface area contributed by atoms with Crippen LogP contribution in [0.4, 0.5) is 13.2 Å². The number of nitrogens with one attached hydrogen (secondary N) is 1. The maximum atomic E-state index is 13.5. The molecule has 0 unspecified atom stereocenters. The van der Waals surface area contributed by atoms with E-state index in [1.165, 1.54) is 28.6 Å². The van der Waals surface area contributed by atoms with Gasteiger partial charge in [-0.25, -0.2) is 0 Å². The zero-order valence-electron chi connectivity index (χ0n) is 19.3. The summed E-state index contributed by atoms with van der Waals surface area (Å²) in [7, 11) is 0. The quantitative estimate of drug-likeness (QED) is 0.454. The number of halogens is 4. The first kappa shape index (κ1) is 24.9. The predicted molar refractivity (Wildman–Crippen MR) is 137 cm³/mol. The molecule has 11 heteroatoms. The number of aliphatic imine (C=N–C) groups is 1. The van der Waals surface area contributed by atoms with Crippen molar-refractivity contribution >= 4 is 51.4 Å². The Kier molecular flexibility index (Phi) is 6.84. The highest BCUT2D eigenvalue weighted by Gasteiger charge is 2.34. The summed E-state index contributed by atoms with van der Waals surface area (Å²) in [6.07, 6.45) is -0.107. The number of amides is 1. The van der Waals surface area contributed by atoms with Crippen LogP contribution in [0.2, 0.25) is 5.02 Å². The molecule has 0 spiro atoms. The molecule has 1 saturated heterocycles. The highest BCUT2D eigenvalue weighted by atomic mass is 35.5. The van der Waals surface area contributed by atoms with Crippen molar-refractivity contribution in [2.24, 2.45) is 4.99 Å². The second kappa shape index (κ2) is 9.91. The molecule has 0 saturated carbocycles. The maximum Gasteiger partial charge on any atom is 0.416 e. The molecule has 36 heavy (non-hydrogen) atoms. The third kappa shape index (κ3) is 5.16. The Morgan fingerprint density at radius 1 is 1.25 bits per heavy atom. The summed E-state index contributed by atoms with van der Waals surface area (Å²) >= 11 is 7.17. The van der Waals surface area contributed by atoms with Crippen molar-refractivity contribution in [3.63, 3.8) is 0 Å². The largest absolute Gasteiger partial charge is 0.416 e. The molecule has 1 amide bonds. The molecule has 2 aliphatic rings. The van der Waals surface area contributed by atoms with Gasteiger partial charge in [0.2, 0.25) is 0 Å². The van der Waals surface area contributed by atoms with E-state index in [1.54, 1.807) is 18.3 Å². The Labute approximate surface area is 215 Å². The van der Waals surface area contributed by atoms with Gasteiger partial charge in [0.25, 0.3) is 5.91 Å². The topological polar surface area (TPSA) is 62.5 Å². The van der Waals surface area contributed by atoms with Gasteiger partial charge in [-0.15, -0.1) is 0 Å². The minimum Gasteiger partial charge on any atom is -0.348 e. The van der Waals surface area contributed by atoms with Crippen molar-refractivity contribution < 1.29 is 18.0 Å². The summed E-state index contributed by atoms with van der Waals surface area (Å²) in [5.41, 5.74) is 0.791. The number of hydrogen-bond acceptors (Lipinski definition) is 5. The standard InChI is InChI=1S/C25H23ClF3N5OS/c1-2-19-14-33(8-7-30-19)24-32-23(35)22(36-24)10-15-3-6-21-17(9-15)12-31-34(21)13-16-4-5-18(26)11-20(16)25(27,28)29/h3-6,9-12,19,30H,2,7-8,13-14H2,1H3/t19-/m0/s1. The lowest BCUT2D eigenvalue weighted by Crippen LogP contribution is -2.51. The Balaban J connectivity index is 1.35. The van der Waals surface area contributed by atoms with Crippen molar-refractivity contribution in [2.45, 2.75) is 32.1 Å². The summed E-state index contributed by atoms with van der Waals surface area (Å²) < 4.78 is 42.0. The summed E-state index contributed by atoms with van der Waals surface area (Å²) in [5, 5.41) is 9.27. The molecule has 1 N–H and O–H groups in total. The second-order valence-corrected chi connectivity index (χ2v) is 10.2. The number of piperazine rings is 1. The van der Waals surface area contributed by atoms with Crippen LogP contribution in [0.15, 0.2) is 52.5 Å². The molecule has 2 aromatic carbocycles. The number of thioether (sulfide) groups is 1.